The summed E-state index contributed by atoms with van der Waals surface area (Å²) in [6.45, 7) is 5.96. The van der Waals surface area contributed by atoms with Gasteiger partial charge in [-0.2, -0.15) is 0 Å². The van der Waals surface area contributed by atoms with Gasteiger partial charge in [0.1, 0.15) is 5.25 Å². The van der Waals surface area contributed by atoms with Crippen molar-refractivity contribution in [1.29, 1.82) is 0 Å². The van der Waals surface area contributed by atoms with Gasteiger partial charge in [-0.25, -0.2) is 0 Å². The zero-order valence-electron chi connectivity index (χ0n) is 15.3. The predicted molar refractivity (Wildman–Crippen MR) is 108 cm³/mol. The van der Waals surface area contributed by atoms with Gasteiger partial charge in [0, 0.05) is 5.56 Å². The molecule has 0 N–H and O–H groups in total. The normalized spacial score (nSPS) is 12.0. The molecule has 0 amide bonds. The fraction of sp³-hybridized carbons (Fsp3) is 0.250. The lowest BCUT2D eigenvalue weighted by molar-refractivity contribution is -0.142. The molecule has 7 heteroatoms. The van der Waals surface area contributed by atoms with Crippen LogP contribution in [0, 0.1) is 6.92 Å². The number of benzene rings is 2. The Bertz CT molecular complexity index is 958. The maximum atomic E-state index is 12.1. The smallest absolute Gasteiger partial charge is 0.319 e. The van der Waals surface area contributed by atoms with Crippen LogP contribution in [-0.2, 0) is 9.53 Å². The number of nitrogens with zero attached hydrogens (tertiary/aromatic N) is 3. The largest absolute Gasteiger partial charge is 0.465 e. The Morgan fingerprint density at radius 2 is 1.89 bits per heavy atom. The Balaban J connectivity index is 2.11. The molecule has 0 aliphatic heterocycles. The SMILES string of the molecule is CCOC(=O)C(C)Sc1nnc(-c2ccccc2Cl)n1-c1ccccc1C. The van der Waals surface area contributed by atoms with E-state index in [1.165, 1.54) is 11.8 Å². The second-order valence-corrected chi connectivity index (χ2v) is 7.64. The summed E-state index contributed by atoms with van der Waals surface area (Å²) in [7, 11) is 0. The van der Waals surface area contributed by atoms with Gasteiger partial charge in [-0.05, 0) is 44.5 Å². The fourth-order valence-electron chi connectivity index (χ4n) is 2.66. The molecule has 1 unspecified atom stereocenters. The highest BCUT2D eigenvalue weighted by Gasteiger charge is 2.23. The second-order valence-electron chi connectivity index (χ2n) is 5.92. The van der Waals surface area contributed by atoms with Crippen LogP contribution in [0.1, 0.15) is 19.4 Å². The van der Waals surface area contributed by atoms with Crippen molar-refractivity contribution in [3.63, 3.8) is 0 Å². The third-order valence-electron chi connectivity index (χ3n) is 4.01. The van der Waals surface area contributed by atoms with Gasteiger partial charge in [0.25, 0.3) is 0 Å². The predicted octanol–water partition coefficient (Wildman–Crippen LogP) is 4.94. The number of hydrogen-bond acceptors (Lipinski definition) is 5. The summed E-state index contributed by atoms with van der Waals surface area (Å²) in [4.78, 5) is 12.1. The summed E-state index contributed by atoms with van der Waals surface area (Å²) in [5.74, 6) is 0.356. The van der Waals surface area contributed by atoms with E-state index in [0.29, 0.717) is 22.6 Å². The molecule has 1 aromatic heterocycles. The van der Waals surface area contributed by atoms with Gasteiger partial charge >= 0.3 is 5.97 Å². The van der Waals surface area contributed by atoms with Crippen LogP contribution in [-0.4, -0.2) is 32.6 Å². The second kappa shape index (κ2) is 8.59. The minimum absolute atomic E-state index is 0.277. The number of aryl methyl sites for hydroxylation is 1. The summed E-state index contributed by atoms with van der Waals surface area (Å²) in [6, 6.07) is 15.5. The molecule has 0 radical (unpaired) electrons. The Hall–Kier alpha value is -2.31. The molecular formula is C20H20ClN3O2S. The zero-order valence-corrected chi connectivity index (χ0v) is 16.9. The van der Waals surface area contributed by atoms with E-state index in [1.807, 2.05) is 60.0 Å². The van der Waals surface area contributed by atoms with Crippen LogP contribution >= 0.6 is 23.4 Å². The molecule has 0 spiro atoms. The van der Waals surface area contributed by atoms with Gasteiger partial charge in [0.2, 0.25) is 0 Å². The van der Waals surface area contributed by atoms with Crippen molar-refractivity contribution >= 4 is 29.3 Å². The summed E-state index contributed by atoms with van der Waals surface area (Å²) in [6.07, 6.45) is 0. The molecule has 0 saturated carbocycles. The minimum atomic E-state index is -0.406. The van der Waals surface area contributed by atoms with Crippen molar-refractivity contribution in [1.82, 2.24) is 14.8 Å². The van der Waals surface area contributed by atoms with E-state index < -0.39 is 5.25 Å². The highest BCUT2D eigenvalue weighted by molar-refractivity contribution is 8.00. The number of ether oxygens (including phenoxy) is 1. The molecule has 3 rings (SSSR count). The highest BCUT2D eigenvalue weighted by atomic mass is 35.5. The van der Waals surface area contributed by atoms with E-state index in [-0.39, 0.29) is 5.97 Å². The Morgan fingerprint density at radius 3 is 2.59 bits per heavy atom. The summed E-state index contributed by atoms with van der Waals surface area (Å²) < 4.78 is 7.06. The Kier molecular flexibility index (Phi) is 6.19. The first kappa shape index (κ1) is 19.5. The standard InChI is InChI=1S/C20H20ClN3O2S/c1-4-26-19(25)14(3)27-20-23-22-18(15-10-6-7-11-16(15)21)24(20)17-12-8-5-9-13(17)2/h5-12,14H,4H2,1-3H3. The van der Waals surface area contributed by atoms with Crippen molar-refractivity contribution in [3.8, 4) is 17.1 Å². The number of carbonyl (C=O) groups excluding carboxylic acids is 1. The van der Waals surface area contributed by atoms with Gasteiger partial charge < -0.3 is 4.74 Å². The average Bonchev–Trinajstić information content (AvgIpc) is 3.05. The third kappa shape index (κ3) is 4.17. The molecular weight excluding hydrogens is 382 g/mol. The quantitative estimate of drug-likeness (QED) is 0.432. The lowest BCUT2D eigenvalue weighted by Gasteiger charge is -2.15. The van der Waals surface area contributed by atoms with Gasteiger partial charge in [-0.1, -0.05) is 53.7 Å². The van der Waals surface area contributed by atoms with Gasteiger partial charge in [0.15, 0.2) is 11.0 Å². The van der Waals surface area contributed by atoms with Crippen molar-refractivity contribution < 1.29 is 9.53 Å². The van der Waals surface area contributed by atoms with Crippen LogP contribution in [0.3, 0.4) is 0 Å². The number of carbonyl (C=O) groups is 1. The molecule has 27 heavy (non-hydrogen) atoms. The lowest BCUT2D eigenvalue weighted by atomic mass is 10.1. The highest BCUT2D eigenvalue weighted by Crippen LogP contribution is 2.34. The minimum Gasteiger partial charge on any atom is -0.465 e. The topological polar surface area (TPSA) is 57.0 Å². The van der Waals surface area contributed by atoms with E-state index in [9.17, 15) is 4.79 Å². The van der Waals surface area contributed by atoms with Gasteiger partial charge in [0.05, 0.1) is 17.3 Å². The number of esters is 1. The Labute approximate surface area is 167 Å². The maximum Gasteiger partial charge on any atom is 0.319 e. The Morgan fingerprint density at radius 1 is 1.19 bits per heavy atom. The van der Waals surface area contributed by atoms with Gasteiger partial charge in [-0.3, -0.25) is 9.36 Å². The summed E-state index contributed by atoms with van der Waals surface area (Å²) in [5, 5.41) is 9.52. The van der Waals surface area contributed by atoms with Gasteiger partial charge in [-0.15, -0.1) is 10.2 Å². The number of hydrogen-bond donors (Lipinski definition) is 0. The number of aromatic nitrogens is 3. The van der Waals surface area contributed by atoms with E-state index in [0.717, 1.165) is 16.8 Å². The molecule has 1 atom stereocenters. The molecule has 0 fully saturated rings. The van der Waals surface area contributed by atoms with E-state index in [4.69, 9.17) is 16.3 Å². The number of para-hydroxylation sites is 1. The van der Waals surface area contributed by atoms with Crippen LogP contribution in [0.5, 0.6) is 0 Å². The van der Waals surface area contributed by atoms with Crippen molar-refractivity contribution in [2.24, 2.45) is 0 Å². The molecule has 0 aliphatic carbocycles. The number of rotatable bonds is 6. The average molecular weight is 402 g/mol. The number of thioether (sulfide) groups is 1. The molecule has 0 saturated heterocycles. The molecule has 140 valence electrons. The van der Waals surface area contributed by atoms with Crippen molar-refractivity contribution in [2.45, 2.75) is 31.2 Å². The van der Waals surface area contributed by atoms with Crippen LogP contribution in [0.15, 0.2) is 53.7 Å². The molecule has 0 aliphatic rings. The van der Waals surface area contributed by atoms with Crippen LogP contribution < -0.4 is 0 Å². The van der Waals surface area contributed by atoms with E-state index in [1.54, 1.807) is 13.8 Å². The molecule has 3 aromatic rings. The molecule has 0 bridgehead atoms. The lowest BCUT2D eigenvalue weighted by Crippen LogP contribution is -2.17. The van der Waals surface area contributed by atoms with E-state index >= 15 is 0 Å². The monoisotopic (exact) mass is 401 g/mol. The van der Waals surface area contributed by atoms with Crippen LogP contribution in [0.25, 0.3) is 17.1 Å². The van der Waals surface area contributed by atoms with Crippen LogP contribution in [0.4, 0.5) is 0 Å². The summed E-state index contributed by atoms with van der Waals surface area (Å²) >= 11 is 7.72. The summed E-state index contributed by atoms with van der Waals surface area (Å²) in [5.41, 5.74) is 2.79. The maximum absolute atomic E-state index is 12.1. The van der Waals surface area contributed by atoms with Crippen LogP contribution in [0.2, 0.25) is 5.02 Å². The molecule has 1 heterocycles. The van der Waals surface area contributed by atoms with E-state index in [2.05, 4.69) is 10.2 Å². The van der Waals surface area contributed by atoms with Crippen molar-refractivity contribution in [2.75, 3.05) is 6.61 Å². The van der Waals surface area contributed by atoms with Crippen molar-refractivity contribution in [3.05, 3.63) is 59.1 Å². The molecule has 2 aromatic carbocycles. The fourth-order valence-corrected chi connectivity index (χ4v) is 3.74. The first-order valence-electron chi connectivity index (χ1n) is 8.62. The molecule has 5 nitrogen and oxygen atoms in total. The first-order valence-corrected chi connectivity index (χ1v) is 9.88. The third-order valence-corrected chi connectivity index (χ3v) is 5.36. The number of halogens is 1. The zero-order chi connectivity index (χ0) is 19.4. The first-order chi connectivity index (χ1) is 13.0.